The predicted octanol–water partition coefficient (Wildman–Crippen LogP) is 5.97. The van der Waals surface area contributed by atoms with Gasteiger partial charge in [-0.25, -0.2) is 14.1 Å². The lowest BCUT2D eigenvalue weighted by atomic mass is 10.1. The van der Waals surface area contributed by atoms with E-state index in [2.05, 4.69) is 15.4 Å². The summed E-state index contributed by atoms with van der Waals surface area (Å²) in [4.78, 5) is 27.8. The van der Waals surface area contributed by atoms with E-state index in [0.717, 1.165) is 0 Å². The first-order chi connectivity index (χ1) is 19.4. The Morgan fingerprint density at radius 3 is 2.67 bits per heavy atom. The average molecular weight is 556 g/mol. The van der Waals surface area contributed by atoms with Crippen LogP contribution in [0.3, 0.4) is 0 Å². The van der Waals surface area contributed by atoms with Gasteiger partial charge in [-0.3, -0.25) is 14.9 Å². The molecule has 2 aromatic heterocycles. The van der Waals surface area contributed by atoms with Crippen LogP contribution < -0.4 is 14.9 Å². The molecule has 3 heterocycles. The van der Waals surface area contributed by atoms with Gasteiger partial charge in [0.05, 0.1) is 22.5 Å². The number of carbonyl (C=O) groups is 1. The fraction of sp³-hybridized carbons (Fsp3) is 0.0357. The maximum absolute atomic E-state index is 13.3. The molecule has 198 valence electrons. The number of furan rings is 1. The number of fused-ring (bicyclic) bond motifs is 1. The second kappa shape index (κ2) is 10.4. The molecule has 1 N–H and O–H groups in total. The number of nitrogens with zero attached hydrogens (tertiary/aromatic N) is 4. The zero-order valence-electron chi connectivity index (χ0n) is 20.5. The van der Waals surface area contributed by atoms with Gasteiger partial charge in [-0.15, -0.1) is 11.3 Å². The summed E-state index contributed by atoms with van der Waals surface area (Å²) in [6.07, 6.45) is 1.49. The third-order valence-electron chi connectivity index (χ3n) is 5.94. The van der Waals surface area contributed by atoms with E-state index in [9.17, 15) is 19.3 Å². The van der Waals surface area contributed by atoms with Crippen molar-refractivity contribution in [2.45, 2.75) is 0 Å². The maximum Gasteiger partial charge on any atom is 0.294 e. The minimum absolute atomic E-state index is 0.0585. The number of thiazole rings is 1. The van der Waals surface area contributed by atoms with Crippen LogP contribution in [0, 0.1) is 15.9 Å². The van der Waals surface area contributed by atoms with Gasteiger partial charge >= 0.3 is 0 Å². The molecule has 10 nitrogen and oxygen atoms in total. The number of hydrogen-bond acceptors (Lipinski definition) is 8. The molecule has 6 rings (SSSR count). The smallest absolute Gasteiger partial charge is 0.294 e. The lowest BCUT2D eigenvalue weighted by molar-refractivity contribution is -0.384. The summed E-state index contributed by atoms with van der Waals surface area (Å²) in [6, 6.07) is 20.9. The highest BCUT2D eigenvalue weighted by Gasteiger charge is 2.18. The van der Waals surface area contributed by atoms with Crippen LogP contribution in [-0.4, -0.2) is 28.3 Å². The highest BCUT2D eigenvalue weighted by molar-refractivity contribution is 7.07. The van der Waals surface area contributed by atoms with E-state index < -0.39 is 4.92 Å². The monoisotopic (exact) mass is 555 g/mol. The molecule has 40 heavy (non-hydrogen) atoms. The molecule has 1 aliphatic rings. The van der Waals surface area contributed by atoms with E-state index in [4.69, 9.17) is 9.15 Å². The standard InChI is InChI=1S/C28H18FN5O5S/c29-19-8-5-17(6-9-19)25-12-10-20(39-25)14-30-33-24(18-7-11-26-22(13-18)31-27(35)15-38-26)16-40-28(33)32-21-3-1-2-4-23(21)34(36)37/h1-14,16H,15H2,(H,31,35). The molecule has 0 radical (unpaired) electrons. The Bertz CT molecular complexity index is 1860. The summed E-state index contributed by atoms with van der Waals surface area (Å²) in [6.45, 7) is -0.0585. The first-order valence-electron chi connectivity index (χ1n) is 11.9. The number of rotatable bonds is 6. The Morgan fingerprint density at radius 1 is 1.05 bits per heavy atom. The van der Waals surface area contributed by atoms with Gasteiger partial charge < -0.3 is 14.5 Å². The van der Waals surface area contributed by atoms with Crippen molar-refractivity contribution < 1.29 is 23.3 Å². The number of anilines is 1. The Labute approximate surface area is 229 Å². The van der Waals surface area contributed by atoms with Crippen LogP contribution in [0.5, 0.6) is 5.75 Å². The predicted molar refractivity (Wildman–Crippen MR) is 147 cm³/mol. The van der Waals surface area contributed by atoms with Crippen molar-refractivity contribution in [2.75, 3.05) is 11.9 Å². The minimum atomic E-state index is -0.493. The van der Waals surface area contributed by atoms with E-state index in [1.54, 1.807) is 54.6 Å². The largest absolute Gasteiger partial charge is 0.482 e. The van der Waals surface area contributed by atoms with Crippen LogP contribution in [0.4, 0.5) is 21.5 Å². The van der Waals surface area contributed by atoms with Crippen LogP contribution in [0.15, 0.2) is 98.8 Å². The number of carbonyl (C=O) groups excluding carboxylic acids is 1. The molecule has 0 atom stereocenters. The molecule has 1 amide bonds. The van der Waals surface area contributed by atoms with Crippen molar-refractivity contribution in [3.63, 3.8) is 0 Å². The van der Waals surface area contributed by atoms with Crippen LogP contribution in [0.1, 0.15) is 5.76 Å². The lowest BCUT2D eigenvalue weighted by Gasteiger charge is -2.18. The molecule has 0 unspecified atom stereocenters. The quantitative estimate of drug-likeness (QED) is 0.157. The van der Waals surface area contributed by atoms with Crippen LogP contribution in [-0.2, 0) is 4.79 Å². The first kappa shape index (κ1) is 24.9. The zero-order chi connectivity index (χ0) is 27.6. The van der Waals surface area contributed by atoms with Crippen molar-refractivity contribution in [3.05, 3.63) is 111 Å². The SMILES string of the molecule is O=C1COc2ccc(-c3csc(=Nc4ccccc4[N+](=O)[O-])n3N=Cc3ccc(-c4ccc(F)cc4)o3)cc2N1. The van der Waals surface area contributed by atoms with Gasteiger partial charge in [0.1, 0.15) is 28.8 Å². The number of halogens is 1. The molecule has 5 aromatic rings. The van der Waals surface area contributed by atoms with E-state index in [-0.39, 0.29) is 29.7 Å². The van der Waals surface area contributed by atoms with Gasteiger partial charge in [0.25, 0.3) is 11.6 Å². The van der Waals surface area contributed by atoms with Gasteiger partial charge in [0.15, 0.2) is 6.61 Å². The highest BCUT2D eigenvalue weighted by atomic mass is 32.1. The first-order valence-corrected chi connectivity index (χ1v) is 12.8. The Kier molecular flexibility index (Phi) is 6.50. The number of ether oxygens (including phenoxy) is 1. The number of aromatic nitrogens is 1. The van der Waals surface area contributed by atoms with E-state index >= 15 is 0 Å². The third kappa shape index (κ3) is 5.02. The fourth-order valence-corrected chi connectivity index (χ4v) is 4.90. The van der Waals surface area contributed by atoms with Crippen molar-refractivity contribution in [1.82, 2.24) is 4.68 Å². The summed E-state index contributed by atoms with van der Waals surface area (Å²) in [5.74, 6) is 0.894. The molecule has 0 spiro atoms. The Balaban J connectivity index is 1.44. The maximum atomic E-state index is 13.3. The van der Waals surface area contributed by atoms with Gasteiger partial charge in [-0.05, 0) is 60.7 Å². The Morgan fingerprint density at radius 2 is 1.85 bits per heavy atom. The second-order valence-electron chi connectivity index (χ2n) is 8.57. The molecule has 0 saturated heterocycles. The number of nitro groups is 1. The van der Waals surface area contributed by atoms with Crippen molar-refractivity contribution in [1.29, 1.82) is 0 Å². The van der Waals surface area contributed by atoms with Crippen molar-refractivity contribution in [2.24, 2.45) is 10.1 Å². The van der Waals surface area contributed by atoms with E-state index in [1.165, 1.54) is 40.4 Å². The minimum Gasteiger partial charge on any atom is -0.482 e. The Hall–Kier alpha value is -5.36. The van der Waals surface area contributed by atoms with E-state index in [1.807, 2.05) is 11.4 Å². The number of nitrogens with one attached hydrogen (secondary N) is 1. The van der Waals surface area contributed by atoms with Crippen LogP contribution in [0.2, 0.25) is 0 Å². The van der Waals surface area contributed by atoms with Crippen molar-refractivity contribution >= 4 is 40.5 Å². The molecule has 0 bridgehead atoms. The zero-order valence-corrected chi connectivity index (χ0v) is 21.3. The highest BCUT2D eigenvalue weighted by Crippen LogP contribution is 2.33. The summed E-state index contributed by atoms with van der Waals surface area (Å²) in [5.41, 5.74) is 2.57. The molecule has 0 aliphatic carbocycles. The number of para-hydroxylation sites is 2. The normalized spacial score (nSPS) is 13.2. The van der Waals surface area contributed by atoms with Gasteiger partial charge in [0, 0.05) is 22.6 Å². The average Bonchev–Trinajstić information content (AvgIpc) is 3.59. The summed E-state index contributed by atoms with van der Waals surface area (Å²) >= 11 is 1.24. The number of nitro benzene ring substituents is 1. The summed E-state index contributed by atoms with van der Waals surface area (Å²) in [7, 11) is 0. The van der Waals surface area contributed by atoms with Gasteiger partial charge in [0.2, 0.25) is 4.80 Å². The molecular weight excluding hydrogens is 537 g/mol. The molecule has 0 saturated carbocycles. The molecule has 1 aliphatic heterocycles. The van der Waals surface area contributed by atoms with Gasteiger partial charge in [-0.2, -0.15) is 5.10 Å². The number of hydrogen-bond donors (Lipinski definition) is 1. The fourth-order valence-electron chi connectivity index (χ4n) is 4.05. The molecular formula is C28H18FN5O5S. The topological polar surface area (TPSA) is 124 Å². The molecule has 12 heteroatoms. The third-order valence-corrected chi connectivity index (χ3v) is 6.76. The number of benzene rings is 3. The number of amides is 1. The summed E-state index contributed by atoms with van der Waals surface area (Å²) in [5, 5.41) is 20.8. The lowest BCUT2D eigenvalue weighted by Crippen LogP contribution is -2.25. The van der Waals surface area contributed by atoms with Crippen molar-refractivity contribution in [3.8, 4) is 28.3 Å². The molecule has 3 aromatic carbocycles. The molecule has 0 fully saturated rings. The second-order valence-corrected chi connectivity index (χ2v) is 9.41. The van der Waals surface area contributed by atoms with Crippen LogP contribution >= 0.6 is 11.3 Å². The van der Waals surface area contributed by atoms with Gasteiger partial charge in [-0.1, -0.05) is 12.1 Å². The van der Waals surface area contributed by atoms with Crippen LogP contribution in [0.25, 0.3) is 22.6 Å². The summed E-state index contributed by atoms with van der Waals surface area (Å²) < 4.78 is 26.2. The van der Waals surface area contributed by atoms with E-state index in [0.29, 0.717) is 44.6 Å².